The Hall–Kier alpha value is -1.39. The van der Waals surface area contributed by atoms with Gasteiger partial charge in [-0.15, -0.1) is 0 Å². The van der Waals surface area contributed by atoms with Gasteiger partial charge in [-0.1, -0.05) is 12.8 Å². The summed E-state index contributed by atoms with van der Waals surface area (Å²) >= 11 is 0. The molecule has 17 heavy (non-hydrogen) atoms. The van der Waals surface area contributed by atoms with Crippen LogP contribution in [0.1, 0.15) is 38.5 Å². The molecule has 0 spiro atoms. The molecule has 1 heterocycles. The molecule has 2 fully saturated rings. The summed E-state index contributed by atoms with van der Waals surface area (Å²) in [4.78, 5) is 36.1. The van der Waals surface area contributed by atoms with Gasteiger partial charge < -0.3 is 10.0 Å². The van der Waals surface area contributed by atoms with E-state index in [0.29, 0.717) is 19.4 Å². The van der Waals surface area contributed by atoms with Crippen molar-refractivity contribution >= 4 is 17.7 Å². The highest BCUT2D eigenvalue weighted by Crippen LogP contribution is 2.27. The van der Waals surface area contributed by atoms with E-state index in [2.05, 4.69) is 0 Å². The van der Waals surface area contributed by atoms with Gasteiger partial charge in [0.15, 0.2) is 0 Å². The van der Waals surface area contributed by atoms with Crippen molar-refractivity contribution in [3.05, 3.63) is 0 Å². The van der Waals surface area contributed by atoms with Crippen molar-refractivity contribution in [3.8, 4) is 0 Å². The lowest BCUT2D eigenvalue weighted by molar-refractivity contribution is -0.153. The standard InChI is InChI=1S/C12H17NO4/c14-10(8-4-1-2-5-8)11(15)13-7-3-6-9(13)12(16)17/h8-9H,1-7H2,(H,16,17)/t9-/m0/s1. The molecule has 2 aliphatic rings. The summed E-state index contributed by atoms with van der Waals surface area (Å²) in [5, 5.41) is 8.97. The summed E-state index contributed by atoms with van der Waals surface area (Å²) in [6, 6.07) is -0.798. The Kier molecular flexibility index (Phi) is 3.45. The number of carboxylic acid groups (broad SMARTS) is 1. The van der Waals surface area contributed by atoms with Crippen molar-refractivity contribution in [1.29, 1.82) is 0 Å². The summed E-state index contributed by atoms with van der Waals surface area (Å²) in [7, 11) is 0. The molecule has 1 aliphatic heterocycles. The Morgan fingerprint density at radius 3 is 2.24 bits per heavy atom. The SMILES string of the molecule is O=C(C(=O)N1CCC[C@H]1C(=O)O)C1CCCC1. The lowest BCUT2D eigenvalue weighted by Crippen LogP contribution is -2.45. The van der Waals surface area contributed by atoms with Crippen molar-refractivity contribution in [1.82, 2.24) is 4.90 Å². The number of carbonyl (C=O) groups is 3. The second-order valence-corrected chi connectivity index (χ2v) is 4.84. The lowest BCUT2D eigenvalue weighted by atomic mass is 10.0. The maximum absolute atomic E-state index is 12.0. The molecule has 0 unspecified atom stereocenters. The molecule has 1 saturated carbocycles. The molecule has 2 rings (SSSR count). The zero-order chi connectivity index (χ0) is 12.4. The molecule has 0 bridgehead atoms. The summed E-state index contributed by atoms with van der Waals surface area (Å²) in [6.07, 6.45) is 4.66. The van der Waals surface area contributed by atoms with Crippen LogP contribution in [0.3, 0.4) is 0 Å². The van der Waals surface area contributed by atoms with Crippen LogP contribution in [0, 0.1) is 5.92 Å². The fourth-order valence-electron chi connectivity index (χ4n) is 2.77. The Morgan fingerprint density at radius 1 is 1.00 bits per heavy atom. The number of carboxylic acids is 1. The first-order chi connectivity index (χ1) is 8.11. The highest BCUT2D eigenvalue weighted by Gasteiger charge is 2.39. The molecule has 5 heteroatoms. The van der Waals surface area contributed by atoms with Crippen molar-refractivity contribution in [3.63, 3.8) is 0 Å². The maximum atomic E-state index is 12.0. The quantitative estimate of drug-likeness (QED) is 0.740. The number of amides is 1. The number of rotatable bonds is 3. The van der Waals surface area contributed by atoms with Crippen LogP contribution in [-0.2, 0) is 14.4 Å². The Bertz CT molecular complexity index is 346. The van der Waals surface area contributed by atoms with Gasteiger partial charge in [-0.25, -0.2) is 4.79 Å². The average Bonchev–Trinajstić information content (AvgIpc) is 2.97. The van der Waals surface area contributed by atoms with Crippen molar-refractivity contribution < 1.29 is 19.5 Å². The van der Waals surface area contributed by atoms with E-state index < -0.39 is 17.9 Å². The van der Waals surface area contributed by atoms with Crippen molar-refractivity contribution in [2.45, 2.75) is 44.6 Å². The van der Waals surface area contributed by atoms with E-state index >= 15 is 0 Å². The summed E-state index contributed by atoms with van der Waals surface area (Å²) in [5.74, 6) is -2.13. The van der Waals surface area contributed by atoms with Gasteiger partial charge in [0.2, 0.25) is 5.78 Å². The molecule has 5 nitrogen and oxygen atoms in total. The van der Waals surface area contributed by atoms with Crippen LogP contribution >= 0.6 is 0 Å². The first kappa shape index (κ1) is 12.1. The molecular weight excluding hydrogens is 222 g/mol. The Balaban J connectivity index is 2.03. The van der Waals surface area contributed by atoms with Gasteiger partial charge in [0.25, 0.3) is 5.91 Å². The van der Waals surface area contributed by atoms with Gasteiger partial charge >= 0.3 is 5.97 Å². The van der Waals surface area contributed by atoms with E-state index in [-0.39, 0.29) is 11.7 Å². The number of likely N-dealkylation sites (tertiary alicyclic amines) is 1. The van der Waals surface area contributed by atoms with Crippen LogP contribution < -0.4 is 0 Å². The number of ketones is 1. The highest BCUT2D eigenvalue weighted by atomic mass is 16.4. The molecule has 1 N–H and O–H groups in total. The molecule has 1 aliphatic carbocycles. The molecule has 0 aromatic rings. The van der Waals surface area contributed by atoms with E-state index in [4.69, 9.17) is 5.11 Å². The normalized spacial score (nSPS) is 25.2. The number of nitrogens with zero attached hydrogens (tertiary/aromatic N) is 1. The largest absolute Gasteiger partial charge is 0.480 e. The van der Waals surface area contributed by atoms with E-state index in [1.54, 1.807) is 0 Å². The van der Waals surface area contributed by atoms with Gasteiger partial charge in [0.1, 0.15) is 6.04 Å². The fourth-order valence-corrected chi connectivity index (χ4v) is 2.77. The van der Waals surface area contributed by atoms with Gasteiger partial charge in [0, 0.05) is 12.5 Å². The monoisotopic (exact) mass is 239 g/mol. The molecule has 1 atom stereocenters. The predicted octanol–water partition coefficient (Wildman–Crippen LogP) is 0.821. The number of carbonyl (C=O) groups excluding carboxylic acids is 2. The minimum absolute atomic E-state index is 0.169. The molecule has 1 amide bonds. The average molecular weight is 239 g/mol. The first-order valence-corrected chi connectivity index (χ1v) is 6.19. The zero-order valence-corrected chi connectivity index (χ0v) is 9.72. The fraction of sp³-hybridized carbons (Fsp3) is 0.750. The first-order valence-electron chi connectivity index (χ1n) is 6.19. The number of Topliss-reactive ketones (excluding diaryl/α,β-unsaturated/α-hetero) is 1. The third-order valence-corrected chi connectivity index (χ3v) is 3.74. The molecular formula is C12H17NO4. The summed E-state index contributed by atoms with van der Waals surface area (Å²) in [6.45, 7) is 0.397. The number of aliphatic carboxylic acids is 1. The van der Waals surface area contributed by atoms with Crippen LogP contribution in [0.5, 0.6) is 0 Å². The molecule has 0 radical (unpaired) electrons. The van der Waals surface area contributed by atoms with Crippen LogP contribution in [0.15, 0.2) is 0 Å². The third-order valence-electron chi connectivity index (χ3n) is 3.74. The van der Waals surface area contributed by atoms with Crippen LogP contribution in [-0.4, -0.2) is 40.3 Å². The van der Waals surface area contributed by atoms with Gasteiger partial charge in [-0.3, -0.25) is 9.59 Å². The van der Waals surface area contributed by atoms with E-state index in [0.717, 1.165) is 25.7 Å². The number of hydrogen-bond acceptors (Lipinski definition) is 3. The molecule has 0 aromatic carbocycles. The van der Waals surface area contributed by atoms with E-state index in [1.165, 1.54) is 4.90 Å². The zero-order valence-electron chi connectivity index (χ0n) is 9.72. The minimum Gasteiger partial charge on any atom is -0.480 e. The topological polar surface area (TPSA) is 74.7 Å². The molecule has 1 saturated heterocycles. The van der Waals surface area contributed by atoms with E-state index in [1.807, 2.05) is 0 Å². The minimum atomic E-state index is -1.00. The van der Waals surface area contributed by atoms with E-state index in [9.17, 15) is 14.4 Å². The highest BCUT2D eigenvalue weighted by molar-refractivity contribution is 6.37. The summed E-state index contributed by atoms with van der Waals surface area (Å²) < 4.78 is 0. The second-order valence-electron chi connectivity index (χ2n) is 4.84. The predicted molar refractivity (Wildman–Crippen MR) is 59.3 cm³/mol. The van der Waals surface area contributed by atoms with Crippen LogP contribution in [0.2, 0.25) is 0 Å². The third kappa shape index (κ3) is 2.33. The number of hydrogen-bond donors (Lipinski definition) is 1. The van der Waals surface area contributed by atoms with Crippen LogP contribution in [0.25, 0.3) is 0 Å². The van der Waals surface area contributed by atoms with Gasteiger partial charge in [-0.2, -0.15) is 0 Å². The van der Waals surface area contributed by atoms with Crippen LogP contribution in [0.4, 0.5) is 0 Å². The lowest BCUT2D eigenvalue weighted by Gasteiger charge is -2.21. The summed E-state index contributed by atoms with van der Waals surface area (Å²) in [5.41, 5.74) is 0. The van der Waals surface area contributed by atoms with Crippen molar-refractivity contribution in [2.24, 2.45) is 5.92 Å². The smallest absolute Gasteiger partial charge is 0.326 e. The second kappa shape index (κ2) is 4.85. The van der Waals surface area contributed by atoms with Gasteiger partial charge in [0.05, 0.1) is 0 Å². The Morgan fingerprint density at radius 2 is 1.65 bits per heavy atom. The molecule has 0 aromatic heterocycles. The van der Waals surface area contributed by atoms with Crippen molar-refractivity contribution in [2.75, 3.05) is 6.54 Å². The maximum Gasteiger partial charge on any atom is 0.326 e. The Labute approximate surface area is 99.8 Å². The molecule has 94 valence electrons. The van der Waals surface area contributed by atoms with Gasteiger partial charge in [-0.05, 0) is 25.7 Å².